The molecule has 0 aliphatic carbocycles. The van der Waals surface area contributed by atoms with Gasteiger partial charge in [0.2, 0.25) is 0 Å². The monoisotopic (exact) mass is 163 g/mol. The average Bonchev–Trinajstić information content (AvgIpc) is 2.58. The summed E-state index contributed by atoms with van der Waals surface area (Å²) >= 11 is 0. The number of nitrogens with zero attached hydrogens (tertiary/aromatic N) is 1. The van der Waals surface area contributed by atoms with Gasteiger partial charge in [-0.1, -0.05) is 6.92 Å². The fourth-order valence-corrected chi connectivity index (χ4v) is 2.63. The molecule has 0 N–H and O–H groups in total. The lowest BCUT2D eigenvalue weighted by Gasteiger charge is -2.17. The summed E-state index contributed by atoms with van der Waals surface area (Å²) in [4.78, 5) is 0. The highest BCUT2D eigenvalue weighted by Gasteiger charge is 2.51. The minimum atomic E-state index is -3.29. The van der Waals surface area contributed by atoms with Crippen molar-refractivity contribution in [1.82, 2.24) is 4.31 Å². The SMILES string of the molecule is CC1COS(=O)(=O)N2C[C@H]12. The van der Waals surface area contributed by atoms with Gasteiger partial charge in [-0.2, -0.15) is 12.7 Å². The lowest BCUT2D eigenvalue weighted by Crippen LogP contribution is -2.29. The van der Waals surface area contributed by atoms with E-state index >= 15 is 0 Å². The largest absolute Gasteiger partial charge is 0.338 e. The molecule has 3 atom stereocenters. The molecule has 2 aliphatic rings. The minimum absolute atomic E-state index is 0.235. The molecule has 0 amide bonds. The van der Waals surface area contributed by atoms with E-state index < -0.39 is 10.3 Å². The predicted octanol–water partition coefficient (Wildman–Crippen LogP) is -0.418. The molecule has 2 rings (SSSR count). The summed E-state index contributed by atoms with van der Waals surface area (Å²) in [6.07, 6.45) is 0. The van der Waals surface area contributed by atoms with E-state index in [4.69, 9.17) is 0 Å². The molecule has 0 saturated carbocycles. The van der Waals surface area contributed by atoms with E-state index in [1.54, 1.807) is 0 Å². The van der Waals surface area contributed by atoms with Gasteiger partial charge in [0.15, 0.2) is 0 Å². The third-order valence-corrected chi connectivity index (χ3v) is 3.46. The zero-order chi connectivity index (χ0) is 7.35. The third-order valence-electron chi connectivity index (χ3n) is 2.03. The van der Waals surface area contributed by atoms with Crippen molar-refractivity contribution in [2.75, 3.05) is 13.2 Å². The first-order chi connectivity index (χ1) is 4.61. The van der Waals surface area contributed by atoms with Crippen molar-refractivity contribution >= 4 is 10.3 Å². The first-order valence-corrected chi connectivity index (χ1v) is 4.64. The maximum atomic E-state index is 10.9. The second kappa shape index (κ2) is 1.72. The Bertz CT molecular complexity index is 248. The maximum absolute atomic E-state index is 10.9. The van der Waals surface area contributed by atoms with Crippen LogP contribution in [0.2, 0.25) is 0 Å². The van der Waals surface area contributed by atoms with Gasteiger partial charge >= 0.3 is 10.3 Å². The van der Waals surface area contributed by atoms with Crippen LogP contribution in [0.4, 0.5) is 0 Å². The molecule has 0 aromatic heterocycles. The summed E-state index contributed by atoms with van der Waals surface area (Å²) < 4.78 is 27.8. The summed E-state index contributed by atoms with van der Waals surface area (Å²) in [6.45, 7) is 3.01. The Hall–Kier alpha value is -0.130. The topological polar surface area (TPSA) is 46.4 Å². The molecule has 2 saturated heterocycles. The van der Waals surface area contributed by atoms with E-state index in [-0.39, 0.29) is 6.04 Å². The van der Waals surface area contributed by atoms with Gasteiger partial charge < -0.3 is 0 Å². The van der Waals surface area contributed by atoms with Gasteiger partial charge in [-0.25, -0.2) is 0 Å². The summed E-state index contributed by atoms with van der Waals surface area (Å²) in [6, 6.07) is 0.235. The van der Waals surface area contributed by atoms with Crippen molar-refractivity contribution < 1.29 is 12.6 Å². The zero-order valence-electron chi connectivity index (χ0n) is 5.65. The highest BCUT2D eigenvalue weighted by atomic mass is 32.2. The van der Waals surface area contributed by atoms with Gasteiger partial charge in [0.25, 0.3) is 0 Å². The van der Waals surface area contributed by atoms with Crippen LogP contribution in [-0.2, 0) is 14.5 Å². The van der Waals surface area contributed by atoms with Crippen LogP contribution in [0.3, 0.4) is 0 Å². The van der Waals surface area contributed by atoms with Gasteiger partial charge in [-0.3, -0.25) is 4.18 Å². The van der Waals surface area contributed by atoms with Crippen LogP contribution >= 0.6 is 0 Å². The minimum Gasteiger partial charge on any atom is -0.258 e. The smallest absolute Gasteiger partial charge is 0.258 e. The predicted molar refractivity (Wildman–Crippen MR) is 34.5 cm³/mol. The molecule has 0 spiro atoms. The first-order valence-electron chi connectivity index (χ1n) is 3.27. The standard InChI is InChI=1S/C5H9NO3S/c1-4-3-9-10(7,8)6-2-5(4)6/h4-5H,2-3H2,1H3/t4?,5-,6?/m1/s1. The second-order valence-corrected chi connectivity index (χ2v) is 4.42. The molecule has 5 heteroatoms. The summed E-state index contributed by atoms with van der Waals surface area (Å²) in [5.74, 6) is 0.364. The van der Waals surface area contributed by atoms with E-state index in [1.807, 2.05) is 6.92 Å². The molecule has 0 aromatic rings. The van der Waals surface area contributed by atoms with E-state index in [0.29, 0.717) is 19.1 Å². The highest BCUT2D eigenvalue weighted by molar-refractivity contribution is 7.84. The summed E-state index contributed by atoms with van der Waals surface area (Å²) in [5, 5.41) is 0. The normalized spacial score (nSPS) is 49.9. The van der Waals surface area contributed by atoms with Crippen molar-refractivity contribution in [2.45, 2.75) is 13.0 Å². The van der Waals surface area contributed by atoms with Crippen LogP contribution < -0.4 is 0 Å². The van der Waals surface area contributed by atoms with Crippen LogP contribution in [0.25, 0.3) is 0 Å². The first kappa shape index (κ1) is 6.57. The van der Waals surface area contributed by atoms with Crippen LogP contribution in [-0.4, -0.2) is 31.9 Å². The number of hydrogen-bond acceptors (Lipinski definition) is 3. The number of rotatable bonds is 0. The molecule has 2 heterocycles. The van der Waals surface area contributed by atoms with Gasteiger partial charge in [0, 0.05) is 12.6 Å². The Balaban J connectivity index is 2.24. The van der Waals surface area contributed by atoms with E-state index in [2.05, 4.69) is 4.18 Å². The molecule has 0 radical (unpaired) electrons. The Labute approximate surface area is 60.0 Å². The van der Waals surface area contributed by atoms with Crippen molar-refractivity contribution in [1.29, 1.82) is 0 Å². The molecule has 2 aliphatic heterocycles. The van der Waals surface area contributed by atoms with Crippen LogP contribution in [0.5, 0.6) is 0 Å². The number of hydrogen-bond donors (Lipinski definition) is 0. The van der Waals surface area contributed by atoms with Crippen molar-refractivity contribution in [3.63, 3.8) is 0 Å². The molecular weight excluding hydrogens is 154 g/mol. The Morgan fingerprint density at radius 3 is 2.90 bits per heavy atom. The Kier molecular flexibility index (Phi) is 1.13. The van der Waals surface area contributed by atoms with Crippen LogP contribution in [0.1, 0.15) is 6.92 Å². The molecule has 0 bridgehead atoms. The average molecular weight is 163 g/mol. The molecular formula is C5H9NO3S. The third kappa shape index (κ3) is 0.777. The quantitative estimate of drug-likeness (QED) is 0.456. The number of fused-ring (bicyclic) bond motifs is 1. The Morgan fingerprint density at radius 1 is 1.60 bits per heavy atom. The van der Waals surface area contributed by atoms with Crippen molar-refractivity contribution in [2.24, 2.45) is 5.92 Å². The zero-order valence-corrected chi connectivity index (χ0v) is 6.47. The van der Waals surface area contributed by atoms with Gasteiger partial charge in [0.05, 0.1) is 6.61 Å². The molecule has 0 aromatic carbocycles. The van der Waals surface area contributed by atoms with Crippen molar-refractivity contribution in [3.8, 4) is 0 Å². The maximum Gasteiger partial charge on any atom is 0.338 e. The van der Waals surface area contributed by atoms with Crippen LogP contribution in [0.15, 0.2) is 0 Å². The van der Waals surface area contributed by atoms with Gasteiger partial charge in [-0.15, -0.1) is 0 Å². The summed E-state index contributed by atoms with van der Waals surface area (Å²) in [5.41, 5.74) is 0. The lowest BCUT2D eigenvalue weighted by molar-refractivity contribution is 0.215. The van der Waals surface area contributed by atoms with E-state index in [0.717, 1.165) is 0 Å². The van der Waals surface area contributed by atoms with E-state index in [9.17, 15) is 8.42 Å². The van der Waals surface area contributed by atoms with Gasteiger partial charge in [0.1, 0.15) is 0 Å². The van der Waals surface area contributed by atoms with E-state index in [1.165, 1.54) is 4.31 Å². The highest BCUT2D eigenvalue weighted by Crippen LogP contribution is 2.34. The van der Waals surface area contributed by atoms with Crippen molar-refractivity contribution in [3.05, 3.63) is 0 Å². The summed E-state index contributed by atoms with van der Waals surface area (Å²) in [7, 11) is -3.29. The lowest BCUT2D eigenvalue weighted by atomic mass is 10.1. The second-order valence-electron chi connectivity index (χ2n) is 2.86. The molecule has 4 nitrogen and oxygen atoms in total. The molecule has 10 heavy (non-hydrogen) atoms. The molecule has 2 unspecified atom stereocenters. The van der Waals surface area contributed by atoms with Crippen LogP contribution in [0, 0.1) is 5.92 Å². The fraction of sp³-hybridized carbons (Fsp3) is 1.00. The molecule has 58 valence electrons. The molecule has 2 fully saturated rings. The fourth-order valence-electron chi connectivity index (χ4n) is 1.23. The van der Waals surface area contributed by atoms with Gasteiger partial charge in [-0.05, 0) is 5.92 Å². The Morgan fingerprint density at radius 2 is 2.30 bits per heavy atom.